The summed E-state index contributed by atoms with van der Waals surface area (Å²) in [5.41, 5.74) is -1.18. The number of aliphatic hydroxyl groups is 1. The molecular formula is C13H20O5. The molecule has 0 aromatic carbocycles. The molecule has 0 aromatic rings. The molecule has 1 aliphatic heterocycles. The van der Waals surface area contributed by atoms with Gasteiger partial charge >= 0.3 is 11.9 Å². The smallest absolute Gasteiger partial charge is 0.311 e. The van der Waals surface area contributed by atoms with Crippen molar-refractivity contribution < 1.29 is 24.2 Å². The Morgan fingerprint density at radius 2 is 2.17 bits per heavy atom. The highest BCUT2D eigenvalue weighted by molar-refractivity contribution is 5.78. The van der Waals surface area contributed by atoms with Gasteiger partial charge in [-0.1, -0.05) is 6.92 Å². The van der Waals surface area contributed by atoms with Gasteiger partial charge in [0.15, 0.2) is 0 Å². The molecule has 1 saturated heterocycles. The summed E-state index contributed by atoms with van der Waals surface area (Å²) in [5, 5.41) is 9.82. The van der Waals surface area contributed by atoms with Gasteiger partial charge in [-0.05, 0) is 27.2 Å². The average Bonchev–Trinajstić information content (AvgIpc) is 2.45. The fraction of sp³-hybridized carbons (Fsp3) is 0.846. The Balaban J connectivity index is 1.99. The van der Waals surface area contributed by atoms with Crippen molar-refractivity contribution in [1.82, 2.24) is 0 Å². The van der Waals surface area contributed by atoms with E-state index < -0.39 is 23.0 Å². The van der Waals surface area contributed by atoms with E-state index in [0.29, 0.717) is 6.42 Å². The first-order chi connectivity index (χ1) is 8.17. The van der Waals surface area contributed by atoms with Gasteiger partial charge in [0.2, 0.25) is 0 Å². The van der Waals surface area contributed by atoms with Crippen molar-refractivity contribution in [3.63, 3.8) is 0 Å². The summed E-state index contributed by atoms with van der Waals surface area (Å²) in [6, 6.07) is 0. The van der Waals surface area contributed by atoms with Gasteiger partial charge in [-0.25, -0.2) is 0 Å². The summed E-state index contributed by atoms with van der Waals surface area (Å²) in [7, 11) is 0. The maximum atomic E-state index is 11.7. The first-order valence-electron chi connectivity index (χ1n) is 6.23. The molecule has 0 radical (unpaired) electrons. The Bertz CT molecular complexity index is 383. The van der Waals surface area contributed by atoms with Crippen molar-refractivity contribution in [3.05, 3.63) is 0 Å². The van der Waals surface area contributed by atoms with Crippen LogP contribution in [0.5, 0.6) is 0 Å². The van der Waals surface area contributed by atoms with Gasteiger partial charge in [0, 0.05) is 5.41 Å². The number of rotatable bonds is 2. The molecule has 1 aliphatic carbocycles. The van der Waals surface area contributed by atoms with Crippen molar-refractivity contribution in [3.8, 4) is 0 Å². The Labute approximate surface area is 106 Å². The van der Waals surface area contributed by atoms with Crippen LogP contribution >= 0.6 is 0 Å². The Morgan fingerprint density at radius 3 is 2.67 bits per heavy atom. The number of aliphatic hydroxyl groups excluding tert-OH is 1. The zero-order valence-electron chi connectivity index (χ0n) is 11.2. The minimum atomic E-state index is -0.602. The topological polar surface area (TPSA) is 72.8 Å². The van der Waals surface area contributed by atoms with Gasteiger partial charge in [0.05, 0.1) is 17.4 Å². The molecule has 0 amide bonds. The van der Waals surface area contributed by atoms with E-state index in [1.165, 1.54) is 0 Å². The van der Waals surface area contributed by atoms with Crippen molar-refractivity contribution in [2.45, 2.75) is 46.3 Å². The second-order valence-corrected chi connectivity index (χ2v) is 6.44. The molecular weight excluding hydrogens is 236 g/mol. The maximum absolute atomic E-state index is 11.7. The number of ether oxygens (including phenoxy) is 2. The lowest BCUT2D eigenvalue weighted by molar-refractivity contribution is -0.165. The lowest BCUT2D eigenvalue weighted by Gasteiger charge is -2.46. The molecule has 2 fully saturated rings. The third kappa shape index (κ3) is 1.81. The molecule has 0 unspecified atom stereocenters. The van der Waals surface area contributed by atoms with Crippen molar-refractivity contribution in [2.75, 3.05) is 6.61 Å². The highest BCUT2D eigenvalue weighted by Crippen LogP contribution is 2.55. The summed E-state index contributed by atoms with van der Waals surface area (Å²) in [5.74, 6) is -0.884. The Kier molecular flexibility index (Phi) is 2.93. The normalized spacial score (nSPS) is 38.7. The van der Waals surface area contributed by atoms with Crippen LogP contribution in [0.2, 0.25) is 0 Å². The van der Waals surface area contributed by atoms with Crippen molar-refractivity contribution in [1.29, 1.82) is 0 Å². The van der Waals surface area contributed by atoms with Crippen LogP contribution in [0.15, 0.2) is 0 Å². The molecule has 1 saturated carbocycles. The zero-order valence-corrected chi connectivity index (χ0v) is 11.2. The number of fused-ring (bicyclic) bond motifs is 1. The van der Waals surface area contributed by atoms with E-state index in [9.17, 15) is 14.7 Å². The third-order valence-corrected chi connectivity index (χ3v) is 4.14. The number of carbonyl (C=O) groups excluding carboxylic acids is 2. The third-order valence-electron chi connectivity index (χ3n) is 4.14. The highest BCUT2D eigenvalue weighted by Gasteiger charge is 2.65. The largest absolute Gasteiger partial charge is 0.461 e. The predicted octanol–water partition coefficient (Wildman–Crippen LogP) is 0.888. The number of hydrogen-bond donors (Lipinski definition) is 1. The van der Waals surface area contributed by atoms with Crippen molar-refractivity contribution in [2.24, 2.45) is 16.7 Å². The minimum Gasteiger partial charge on any atom is -0.461 e. The molecule has 102 valence electrons. The second-order valence-electron chi connectivity index (χ2n) is 6.44. The summed E-state index contributed by atoms with van der Waals surface area (Å²) >= 11 is 0. The van der Waals surface area contributed by atoms with E-state index in [1.54, 1.807) is 20.8 Å². The van der Waals surface area contributed by atoms with Gasteiger partial charge in [0.1, 0.15) is 12.7 Å². The van der Waals surface area contributed by atoms with Crippen LogP contribution < -0.4 is 0 Å². The number of hydrogen-bond acceptors (Lipinski definition) is 5. The molecule has 2 aliphatic rings. The summed E-state index contributed by atoms with van der Waals surface area (Å²) in [6.45, 7) is 7.12. The summed E-state index contributed by atoms with van der Waals surface area (Å²) < 4.78 is 10.4. The van der Waals surface area contributed by atoms with Crippen LogP contribution in [0, 0.1) is 16.7 Å². The molecule has 5 nitrogen and oxygen atoms in total. The molecule has 2 rings (SSSR count). The zero-order chi connectivity index (χ0) is 13.7. The van der Waals surface area contributed by atoms with Crippen LogP contribution in [-0.2, 0) is 19.1 Å². The van der Waals surface area contributed by atoms with Crippen LogP contribution in [0.1, 0.15) is 34.1 Å². The van der Waals surface area contributed by atoms with Gasteiger partial charge in [0.25, 0.3) is 0 Å². The van der Waals surface area contributed by atoms with E-state index in [2.05, 4.69) is 0 Å². The maximum Gasteiger partial charge on any atom is 0.311 e. The molecule has 5 heteroatoms. The fourth-order valence-electron chi connectivity index (χ4n) is 2.52. The molecule has 1 N–H and O–H groups in total. The molecule has 0 aromatic heterocycles. The van der Waals surface area contributed by atoms with E-state index in [4.69, 9.17) is 9.47 Å². The monoisotopic (exact) mass is 256 g/mol. The summed E-state index contributed by atoms with van der Waals surface area (Å²) in [4.78, 5) is 23.2. The highest BCUT2D eigenvalue weighted by atomic mass is 16.6. The molecule has 1 heterocycles. The molecule has 4 atom stereocenters. The number of cyclic esters (lactones) is 1. The minimum absolute atomic E-state index is 0.0197. The Morgan fingerprint density at radius 1 is 1.56 bits per heavy atom. The van der Waals surface area contributed by atoms with Gasteiger partial charge in [-0.3, -0.25) is 9.59 Å². The van der Waals surface area contributed by atoms with Gasteiger partial charge in [-0.2, -0.15) is 0 Å². The van der Waals surface area contributed by atoms with Gasteiger partial charge in [-0.15, -0.1) is 0 Å². The van der Waals surface area contributed by atoms with E-state index in [1.807, 2.05) is 6.92 Å². The lowest BCUT2D eigenvalue weighted by Crippen LogP contribution is -2.56. The van der Waals surface area contributed by atoms with Crippen LogP contribution in [-0.4, -0.2) is 35.9 Å². The quantitative estimate of drug-likeness (QED) is 0.743. The van der Waals surface area contributed by atoms with E-state index in [-0.39, 0.29) is 24.5 Å². The number of esters is 2. The number of carbonyl (C=O) groups is 2. The molecule has 0 bridgehead atoms. The molecule has 18 heavy (non-hydrogen) atoms. The first-order valence-corrected chi connectivity index (χ1v) is 6.23. The SMILES string of the molecule is CC(C)(C)C(=O)OC[C@H]1OC(=O)[C@@H]2C[C@H](O)[C@]12C. The summed E-state index contributed by atoms with van der Waals surface area (Å²) in [6.07, 6.45) is -0.656. The van der Waals surface area contributed by atoms with E-state index in [0.717, 1.165) is 0 Å². The average molecular weight is 256 g/mol. The van der Waals surface area contributed by atoms with Crippen LogP contribution in [0.3, 0.4) is 0 Å². The van der Waals surface area contributed by atoms with Gasteiger partial charge < -0.3 is 14.6 Å². The predicted molar refractivity (Wildman–Crippen MR) is 62.5 cm³/mol. The lowest BCUT2D eigenvalue weighted by atomic mass is 9.58. The fourth-order valence-corrected chi connectivity index (χ4v) is 2.52. The first kappa shape index (κ1) is 13.3. The standard InChI is InChI=1S/C13H20O5/c1-12(2,3)11(16)17-6-9-13(4)7(5-8(13)14)10(15)18-9/h7-9,14H,5-6H2,1-4H3/t7-,8-,9+,13+/m0/s1. The van der Waals surface area contributed by atoms with E-state index >= 15 is 0 Å². The van der Waals surface area contributed by atoms with Crippen molar-refractivity contribution >= 4 is 11.9 Å². The second kappa shape index (κ2) is 3.95. The Hall–Kier alpha value is -1.10. The van der Waals surface area contributed by atoms with Crippen LogP contribution in [0.4, 0.5) is 0 Å². The van der Waals surface area contributed by atoms with Crippen LogP contribution in [0.25, 0.3) is 0 Å². The molecule has 0 spiro atoms.